The molecule has 0 aromatic heterocycles. The first-order valence-electron chi connectivity index (χ1n) is 33.8. The van der Waals surface area contributed by atoms with Crippen LogP contribution in [0.15, 0.2) is 339 Å². The molecular formula is C90H82N4. The van der Waals surface area contributed by atoms with E-state index in [4.69, 9.17) is 0 Å². The van der Waals surface area contributed by atoms with Crippen LogP contribution in [0.25, 0.3) is 44.5 Å². The normalized spacial score (nSPS) is 13.2. The quantitative estimate of drug-likeness (QED) is 0.0821. The second-order valence-corrected chi connectivity index (χ2v) is 24.4. The summed E-state index contributed by atoms with van der Waals surface area (Å²) in [6.07, 6.45) is 31.5. The maximum Gasteiger partial charge on any atom is 0.0462 e. The minimum atomic E-state index is 0.993. The number of allylic oxidation sites excluding steroid dienone is 11. The molecule has 0 amide bonds. The average molecular weight is 1220 g/mol. The molecule has 0 atom stereocenters. The summed E-state index contributed by atoms with van der Waals surface area (Å²) in [6, 6.07) is 102. The van der Waals surface area contributed by atoms with Gasteiger partial charge in [0.15, 0.2) is 0 Å². The highest BCUT2D eigenvalue weighted by Gasteiger charge is 2.18. The molecular weight excluding hydrogens is 1140 g/mol. The van der Waals surface area contributed by atoms with Crippen LogP contribution in [0.5, 0.6) is 0 Å². The van der Waals surface area contributed by atoms with Gasteiger partial charge in [-0.25, -0.2) is 0 Å². The fourth-order valence-corrected chi connectivity index (χ4v) is 12.7. The molecule has 3 aliphatic carbocycles. The van der Waals surface area contributed by atoms with Crippen LogP contribution >= 0.6 is 0 Å². The average Bonchev–Trinajstić information content (AvgIpc) is 0.841. The van der Waals surface area contributed by atoms with Crippen molar-refractivity contribution in [1.82, 2.24) is 0 Å². The molecule has 0 heterocycles. The summed E-state index contributed by atoms with van der Waals surface area (Å²) in [7, 11) is 0. The molecule has 11 aromatic rings. The Hall–Kier alpha value is -10.9. The van der Waals surface area contributed by atoms with Crippen LogP contribution in [-0.4, -0.2) is 0 Å². The lowest BCUT2D eigenvalue weighted by molar-refractivity contribution is 0.795. The molecule has 0 saturated heterocycles. The van der Waals surface area contributed by atoms with Crippen molar-refractivity contribution in [2.75, 3.05) is 20.0 Å². The number of hydrogen-bond donors (Lipinski definition) is 1. The zero-order chi connectivity index (χ0) is 63.7. The largest absolute Gasteiger partial charge is 0.356 e. The monoisotopic (exact) mass is 1220 g/mol. The van der Waals surface area contributed by atoms with Gasteiger partial charge in [-0.1, -0.05) is 227 Å². The Morgan fingerprint density at radius 1 is 0.277 bits per heavy atom. The molecule has 0 unspecified atom stereocenters. The van der Waals surface area contributed by atoms with Crippen molar-refractivity contribution in [2.45, 2.75) is 78.1 Å². The number of aryl methyl sites for hydroxylation is 2. The Bertz CT molecular complexity index is 4420. The van der Waals surface area contributed by atoms with Gasteiger partial charge in [0, 0.05) is 62.6 Å². The fourth-order valence-electron chi connectivity index (χ4n) is 12.7. The minimum absolute atomic E-state index is 0.993. The Balaban J connectivity index is 0.000000599. The van der Waals surface area contributed by atoms with Crippen LogP contribution in [0.3, 0.4) is 0 Å². The number of unbranched alkanes of at least 4 members (excludes halogenated alkanes) is 1. The molecule has 4 nitrogen and oxygen atoms in total. The first kappa shape index (κ1) is 61.9. The van der Waals surface area contributed by atoms with Gasteiger partial charge >= 0.3 is 0 Å². The third-order valence-corrected chi connectivity index (χ3v) is 18.0. The lowest BCUT2D eigenvalue weighted by Crippen LogP contribution is -2.10. The topological polar surface area (TPSA) is 21.8 Å². The molecule has 14 rings (SSSR count). The first-order valence-corrected chi connectivity index (χ1v) is 33.8. The van der Waals surface area contributed by atoms with Crippen molar-refractivity contribution in [1.29, 1.82) is 0 Å². The minimum Gasteiger partial charge on any atom is -0.356 e. The van der Waals surface area contributed by atoms with Gasteiger partial charge < -0.3 is 20.0 Å². The van der Waals surface area contributed by atoms with E-state index in [9.17, 15) is 0 Å². The maximum atomic E-state index is 3.56. The standard InChI is InChI=1S/C78H70N4.C12H12/c1-3-5-15-59-24-44-72(45-25-59)82(77-50-30-63(31-51-77)61-26-40-69(41-27-61)79-68-18-11-7-12-19-68)78-56-38-67(39-57-78)66-36-54-76(55-37-66)81(71-42-22-58(4-2)23-43-71)75-52-34-65(35-53-75)64-32-48-74(49-33-64)80(70-20-13-8-14-21-70)73-46-28-62(29-47-73)60-16-9-6-10-17-60;1-3-7-11(8-4-1)12-9-5-2-6-10-12/h8-9,11,13-14,16-57,79H,3-7,10,12,15H2,1-2H3;1,3-5,7-10H,2,6H2. The molecule has 0 fully saturated rings. The summed E-state index contributed by atoms with van der Waals surface area (Å²) in [6.45, 7) is 4.47. The van der Waals surface area contributed by atoms with Crippen molar-refractivity contribution in [3.8, 4) is 33.4 Å². The molecule has 0 spiro atoms. The maximum absolute atomic E-state index is 3.56. The van der Waals surface area contributed by atoms with Crippen LogP contribution in [-0.2, 0) is 12.8 Å². The summed E-state index contributed by atoms with van der Waals surface area (Å²) in [4.78, 5) is 7.07. The number of para-hydroxylation sites is 1. The molecule has 0 saturated carbocycles. The van der Waals surface area contributed by atoms with E-state index in [-0.39, 0.29) is 0 Å². The van der Waals surface area contributed by atoms with Crippen molar-refractivity contribution in [3.63, 3.8) is 0 Å². The molecule has 4 heteroatoms. The molecule has 462 valence electrons. The van der Waals surface area contributed by atoms with Crippen LogP contribution in [0.2, 0.25) is 0 Å². The molecule has 0 bridgehead atoms. The van der Waals surface area contributed by atoms with Crippen LogP contribution in [0, 0.1) is 0 Å². The zero-order valence-corrected chi connectivity index (χ0v) is 54.2. The van der Waals surface area contributed by atoms with E-state index in [0.717, 1.165) is 107 Å². The van der Waals surface area contributed by atoms with Gasteiger partial charge in [0.1, 0.15) is 0 Å². The van der Waals surface area contributed by atoms with Gasteiger partial charge in [0.05, 0.1) is 0 Å². The van der Waals surface area contributed by atoms with Crippen LogP contribution in [0.4, 0.5) is 56.9 Å². The summed E-state index contributed by atoms with van der Waals surface area (Å²) in [5.74, 6) is 0. The van der Waals surface area contributed by atoms with E-state index in [0.29, 0.717) is 0 Å². The number of anilines is 10. The molecule has 3 aliphatic rings. The third-order valence-electron chi connectivity index (χ3n) is 18.0. The Morgan fingerprint density at radius 2 is 0.585 bits per heavy atom. The van der Waals surface area contributed by atoms with Crippen molar-refractivity contribution >= 4 is 68.0 Å². The Labute approximate surface area is 557 Å². The van der Waals surface area contributed by atoms with E-state index < -0.39 is 0 Å². The molecule has 1 N–H and O–H groups in total. The SMILES string of the molecule is C1=CC(c2ccccc2)=CCC1.CCCCc1ccc(N(c2ccc(-c3ccc(NC4=CCCC=C4)cc3)cc2)c2ccc(-c3ccc(N(c4ccc(CC)cc4)c4ccc(-c5ccc(N(c6ccccc6)c6ccc(C7=CCCC=C7)cc6)cc5)cc4)cc3)cc2)cc1. The van der Waals surface area contributed by atoms with Gasteiger partial charge in [0.2, 0.25) is 0 Å². The molecule has 0 aliphatic heterocycles. The number of nitrogens with zero attached hydrogens (tertiary/aromatic N) is 3. The van der Waals surface area contributed by atoms with Gasteiger partial charge in [0.25, 0.3) is 0 Å². The summed E-state index contributed by atoms with van der Waals surface area (Å²) < 4.78 is 0. The Morgan fingerprint density at radius 3 is 0.926 bits per heavy atom. The highest BCUT2D eigenvalue weighted by atomic mass is 15.2. The summed E-state index contributed by atoms with van der Waals surface area (Å²) in [5.41, 5.74) is 27.3. The zero-order valence-electron chi connectivity index (χ0n) is 54.2. The van der Waals surface area contributed by atoms with E-state index >= 15 is 0 Å². The number of hydrogen-bond acceptors (Lipinski definition) is 4. The molecule has 11 aromatic carbocycles. The van der Waals surface area contributed by atoms with Gasteiger partial charge in [-0.2, -0.15) is 0 Å². The summed E-state index contributed by atoms with van der Waals surface area (Å²) >= 11 is 0. The van der Waals surface area contributed by atoms with Crippen LogP contribution in [0.1, 0.15) is 87.5 Å². The van der Waals surface area contributed by atoms with Crippen molar-refractivity contribution in [2.24, 2.45) is 0 Å². The van der Waals surface area contributed by atoms with E-state index in [2.05, 4.69) is 368 Å². The van der Waals surface area contributed by atoms with Crippen molar-refractivity contribution in [3.05, 3.63) is 362 Å². The third kappa shape index (κ3) is 15.2. The fraction of sp³-hybridized carbons (Fsp3) is 0.133. The smallest absolute Gasteiger partial charge is 0.0462 e. The predicted molar refractivity (Wildman–Crippen MR) is 404 cm³/mol. The van der Waals surface area contributed by atoms with Gasteiger partial charge in [-0.3, -0.25) is 0 Å². The molecule has 0 radical (unpaired) electrons. The lowest BCUT2D eigenvalue weighted by atomic mass is 9.99. The van der Waals surface area contributed by atoms with Crippen molar-refractivity contribution < 1.29 is 0 Å². The lowest BCUT2D eigenvalue weighted by Gasteiger charge is -2.27. The highest BCUT2D eigenvalue weighted by molar-refractivity contribution is 5.85. The number of benzene rings is 11. The van der Waals surface area contributed by atoms with E-state index in [1.165, 1.54) is 86.9 Å². The van der Waals surface area contributed by atoms with E-state index in [1.807, 2.05) is 0 Å². The molecule has 94 heavy (non-hydrogen) atoms. The number of nitrogens with one attached hydrogen (secondary N) is 1. The summed E-state index contributed by atoms with van der Waals surface area (Å²) in [5, 5.41) is 3.56. The highest BCUT2D eigenvalue weighted by Crippen LogP contribution is 2.42. The Kier molecular flexibility index (Phi) is 20.1. The second kappa shape index (κ2) is 30.5. The van der Waals surface area contributed by atoms with Crippen LogP contribution < -0.4 is 20.0 Å². The second-order valence-electron chi connectivity index (χ2n) is 24.4. The predicted octanol–water partition coefficient (Wildman–Crippen LogP) is 25.8. The van der Waals surface area contributed by atoms with Gasteiger partial charge in [-0.05, 0) is 252 Å². The van der Waals surface area contributed by atoms with E-state index in [1.54, 1.807) is 0 Å². The van der Waals surface area contributed by atoms with Gasteiger partial charge in [-0.15, -0.1) is 0 Å². The first-order chi connectivity index (χ1) is 46.5. The number of rotatable bonds is 20.